The molecule has 2 aromatic carbocycles. The molecule has 0 radical (unpaired) electrons. The number of carbonyl (C=O) groups excluding carboxylic acids is 1. The summed E-state index contributed by atoms with van der Waals surface area (Å²) in [7, 11) is 0. The number of aliphatic imine (C=N–C) groups is 1. The lowest BCUT2D eigenvalue weighted by molar-refractivity contribution is 0.0126. The fraction of sp³-hybridized carbons (Fsp3) is 0.417. The number of nitrogens with one attached hydrogen (secondary N) is 1. The van der Waals surface area contributed by atoms with E-state index in [0.29, 0.717) is 18.8 Å². The van der Waals surface area contributed by atoms with Gasteiger partial charge in [-0.2, -0.15) is 0 Å². The Morgan fingerprint density at radius 3 is 2.52 bits per heavy atom. The van der Waals surface area contributed by atoms with Gasteiger partial charge in [0.05, 0.1) is 5.69 Å². The second-order valence-corrected chi connectivity index (χ2v) is 8.76. The number of nitrogens with zero attached hydrogens (tertiary/aromatic N) is 2. The number of hydrazine groups is 1. The number of ether oxygens (including phenoxy) is 3. The fourth-order valence-electron chi connectivity index (χ4n) is 3.30. The van der Waals surface area contributed by atoms with Gasteiger partial charge in [0.15, 0.2) is 11.6 Å². The van der Waals surface area contributed by atoms with E-state index >= 15 is 0 Å². The molecule has 3 N–H and O–H groups in total. The van der Waals surface area contributed by atoms with Crippen LogP contribution in [0, 0.1) is 5.82 Å². The summed E-state index contributed by atoms with van der Waals surface area (Å²) in [5.74, 6) is 5.50. The van der Waals surface area contributed by atoms with Gasteiger partial charge in [0.2, 0.25) is 0 Å². The normalized spacial score (nSPS) is 14.9. The highest BCUT2D eigenvalue weighted by Crippen LogP contribution is 2.25. The van der Waals surface area contributed by atoms with Crippen molar-refractivity contribution in [1.29, 1.82) is 0 Å². The smallest absolute Gasteiger partial charge is 0.410 e. The molecule has 1 fully saturated rings. The Balaban J connectivity index is 1.45. The van der Waals surface area contributed by atoms with E-state index < -0.39 is 11.4 Å². The molecule has 9 heteroatoms. The van der Waals surface area contributed by atoms with E-state index in [1.807, 2.05) is 45.0 Å². The van der Waals surface area contributed by atoms with Crippen LogP contribution < -0.4 is 20.7 Å². The van der Waals surface area contributed by atoms with Gasteiger partial charge in [0.25, 0.3) is 0 Å². The van der Waals surface area contributed by atoms with Crippen LogP contribution in [-0.4, -0.2) is 42.1 Å². The zero-order valence-corrected chi connectivity index (χ0v) is 19.2. The Hall–Kier alpha value is -3.33. The lowest BCUT2D eigenvalue weighted by Crippen LogP contribution is -2.44. The van der Waals surface area contributed by atoms with Crippen LogP contribution in [-0.2, 0) is 11.3 Å². The van der Waals surface area contributed by atoms with Gasteiger partial charge in [-0.15, -0.1) is 0 Å². The van der Waals surface area contributed by atoms with Gasteiger partial charge in [0.1, 0.15) is 30.4 Å². The quantitative estimate of drug-likeness (QED) is 0.278. The van der Waals surface area contributed by atoms with Crippen LogP contribution in [0.5, 0.6) is 11.5 Å². The van der Waals surface area contributed by atoms with E-state index in [9.17, 15) is 9.18 Å². The molecule has 0 spiro atoms. The number of likely N-dealkylation sites (tertiary alicyclic amines) is 1. The molecule has 3 rings (SSSR count). The van der Waals surface area contributed by atoms with Crippen molar-refractivity contribution in [2.75, 3.05) is 13.1 Å². The number of carbonyl (C=O) groups is 1. The molecule has 8 nitrogen and oxygen atoms in total. The minimum absolute atomic E-state index is 0.0375. The standard InChI is InChI=1S/C24H31FN4O4/c1-24(2,3)33-23(30)29-12-10-20(11-13-29)32-19-7-4-17(5-8-19)15-31-22-9-6-18(14-21(22)25)27-16-28-26/h4-9,14,16,20H,10-13,15,26H2,1-3H3,(H,27,28). The number of nitrogens with two attached hydrogens (primary N) is 1. The van der Waals surface area contributed by atoms with Crippen molar-refractivity contribution in [1.82, 2.24) is 10.3 Å². The molecule has 1 aliphatic heterocycles. The highest BCUT2D eigenvalue weighted by atomic mass is 19.1. The van der Waals surface area contributed by atoms with Crippen molar-refractivity contribution in [3.05, 3.63) is 53.8 Å². The lowest BCUT2D eigenvalue weighted by Gasteiger charge is -2.33. The summed E-state index contributed by atoms with van der Waals surface area (Å²) in [4.78, 5) is 17.8. The van der Waals surface area contributed by atoms with Crippen molar-refractivity contribution in [2.45, 2.75) is 51.9 Å². The van der Waals surface area contributed by atoms with Crippen molar-refractivity contribution < 1.29 is 23.4 Å². The first-order valence-electron chi connectivity index (χ1n) is 10.9. The average Bonchev–Trinajstić information content (AvgIpc) is 2.77. The fourth-order valence-corrected chi connectivity index (χ4v) is 3.30. The largest absolute Gasteiger partial charge is 0.490 e. The van der Waals surface area contributed by atoms with Crippen LogP contribution in [0.4, 0.5) is 14.9 Å². The highest BCUT2D eigenvalue weighted by Gasteiger charge is 2.27. The van der Waals surface area contributed by atoms with Gasteiger partial charge in [-0.25, -0.2) is 20.0 Å². The zero-order valence-electron chi connectivity index (χ0n) is 19.2. The summed E-state index contributed by atoms with van der Waals surface area (Å²) >= 11 is 0. The number of rotatable bonds is 7. The molecule has 1 saturated heterocycles. The first-order chi connectivity index (χ1) is 15.7. The summed E-state index contributed by atoms with van der Waals surface area (Å²) in [6.45, 7) is 7.00. The number of piperidine rings is 1. The molecule has 2 aromatic rings. The number of benzene rings is 2. The Kier molecular flexibility index (Phi) is 8.11. The van der Waals surface area contributed by atoms with E-state index in [1.54, 1.807) is 11.0 Å². The zero-order chi connectivity index (χ0) is 23.8. The molecule has 1 amide bonds. The van der Waals surface area contributed by atoms with Crippen molar-refractivity contribution in [3.8, 4) is 11.5 Å². The second-order valence-electron chi connectivity index (χ2n) is 8.76. The highest BCUT2D eigenvalue weighted by molar-refractivity contribution is 5.68. The summed E-state index contributed by atoms with van der Waals surface area (Å²) in [6.07, 6.45) is 2.51. The molecule has 0 unspecified atom stereocenters. The Bertz CT molecular complexity index is 952. The van der Waals surface area contributed by atoms with Crippen LogP contribution in [0.25, 0.3) is 0 Å². The number of hydrogen-bond acceptors (Lipinski definition) is 6. The van der Waals surface area contributed by atoms with Crippen molar-refractivity contribution in [2.24, 2.45) is 10.8 Å². The maximum atomic E-state index is 14.2. The first kappa shape index (κ1) is 24.3. The molecule has 0 atom stereocenters. The second kappa shape index (κ2) is 11.0. The third-order valence-electron chi connectivity index (χ3n) is 4.92. The van der Waals surface area contributed by atoms with Crippen LogP contribution in [0.15, 0.2) is 47.5 Å². The van der Waals surface area contributed by atoms with E-state index in [-0.39, 0.29) is 24.6 Å². The molecular weight excluding hydrogens is 427 g/mol. The lowest BCUT2D eigenvalue weighted by atomic mass is 10.1. The van der Waals surface area contributed by atoms with Gasteiger partial charge in [-0.3, -0.25) is 0 Å². The Morgan fingerprint density at radius 2 is 1.91 bits per heavy atom. The monoisotopic (exact) mass is 458 g/mol. The van der Waals surface area contributed by atoms with Gasteiger partial charge >= 0.3 is 6.09 Å². The summed E-state index contributed by atoms with van der Waals surface area (Å²) < 4.78 is 31.2. The maximum Gasteiger partial charge on any atom is 0.410 e. The first-order valence-corrected chi connectivity index (χ1v) is 10.9. The van der Waals surface area contributed by atoms with Gasteiger partial charge < -0.3 is 24.5 Å². The van der Waals surface area contributed by atoms with Gasteiger partial charge in [-0.05, 0) is 50.6 Å². The number of hydrogen-bond donors (Lipinski definition) is 2. The minimum Gasteiger partial charge on any atom is -0.490 e. The minimum atomic E-state index is -0.501. The predicted octanol–water partition coefficient (Wildman–Crippen LogP) is 4.31. The van der Waals surface area contributed by atoms with Crippen molar-refractivity contribution >= 4 is 18.1 Å². The SMILES string of the molecule is CC(C)(C)OC(=O)N1CCC(Oc2ccc(COc3ccc(N=CNN)cc3F)cc2)CC1. The third-order valence-corrected chi connectivity index (χ3v) is 4.92. The van der Waals surface area contributed by atoms with Gasteiger partial charge in [0, 0.05) is 32.0 Å². The van der Waals surface area contributed by atoms with Crippen molar-refractivity contribution in [3.63, 3.8) is 0 Å². The van der Waals surface area contributed by atoms with Crippen LogP contribution in [0.1, 0.15) is 39.2 Å². The van der Waals surface area contributed by atoms with Gasteiger partial charge in [-0.1, -0.05) is 12.1 Å². The topological polar surface area (TPSA) is 98.4 Å². The summed E-state index contributed by atoms with van der Waals surface area (Å²) in [6, 6.07) is 11.9. The Labute approximate surface area is 193 Å². The molecule has 0 saturated carbocycles. The van der Waals surface area contributed by atoms with Crippen LogP contribution >= 0.6 is 0 Å². The molecule has 1 heterocycles. The predicted molar refractivity (Wildman–Crippen MR) is 124 cm³/mol. The summed E-state index contributed by atoms with van der Waals surface area (Å²) in [5.41, 5.74) is 3.08. The van der Waals surface area contributed by atoms with E-state index in [0.717, 1.165) is 24.2 Å². The molecule has 1 aliphatic rings. The molecule has 0 aliphatic carbocycles. The molecule has 33 heavy (non-hydrogen) atoms. The Morgan fingerprint density at radius 1 is 1.21 bits per heavy atom. The van der Waals surface area contributed by atoms with E-state index in [1.165, 1.54) is 18.5 Å². The molecule has 178 valence electrons. The third kappa shape index (κ3) is 7.64. The number of halogens is 1. The van der Waals surface area contributed by atoms with Crippen LogP contribution in [0.3, 0.4) is 0 Å². The maximum absolute atomic E-state index is 14.2. The number of amides is 1. The van der Waals surface area contributed by atoms with E-state index in [4.69, 9.17) is 20.1 Å². The molecule has 0 bridgehead atoms. The molecule has 0 aromatic heterocycles. The molecular formula is C24H31FN4O4. The average molecular weight is 459 g/mol. The van der Waals surface area contributed by atoms with Crippen LogP contribution in [0.2, 0.25) is 0 Å². The van der Waals surface area contributed by atoms with E-state index in [2.05, 4.69) is 10.4 Å². The summed E-state index contributed by atoms with van der Waals surface area (Å²) in [5, 5.41) is 0.